The summed E-state index contributed by atoms with van der Waals surface area (Å²) in [4.78, 5) is 8.80. The molecule has 2 aromatic heterocycles. The Labute approximate surface area is 96.9 Å². The number of aryl methyl sites for hydroxylation is 1. The highest BCUT2D eigenvalue weighted by molar-refractivity contribution is 7.09. The second kappa shape index (κ2) is 3.48. The number of rotatable bonds is 1. The van der Waals surface area contributed by atoms with E-state index < -0.39 is 0 Å². The Morgan fingerprint density at radius 2 is 2.06 bits per heavy atom. The highest BCUT2D eigenvalue weighted by Crippen LogP contribution is 2.22. The van der Waals surface area contributed by atoms with Crippen molar-refractivity contribution in [1.82, 2.24) is 19.7 Å². The number of nitrogens with zero attached hydrogens (tertiary/aromatic N) is 5. The smallest absolute Gasteiger partial charge is 0.183 e. The average Bonchev–Trinajstić information content (AvgIpc) is 2.84. The molecule has 82 valence electrons. The van der Waals surface area contributed by atoms with Crippen molar-refractivity contribution in [2.45, 2.75) is 20.4 Å². The molecule has 0 atom stereocenters. The zero-order valence-electron chi connectivity index (χ0n) is 9.14. The topological polar surface area (TPSA) is 56.0 Å². The van der Waals surface area contributed by atoms with Crippen molar-refractivity contribution in [2.75, 3.05) is 6.54 Å². The van der Waals surface area contributed by atoms with Crippen LogP contribution in [0.4, 0.5) is 0 Å². The third kappa shape index (κ3) is 1.37. The van der Waals surface area contributed by atoms with Gasteiger partial charge in [-0.1, -0.05) is 0 Å². The first-order valence-corrected chi connectivity index (χ1v) is 6.01. The quantitative estimate of drug-likeness (QED) is 0.750. The second-order valence-electron chi connectivity index (χ2n) is 3.72. The molecule has 1 aliphatic rings. The van der Waals surface area contributed by atoms with Crippen LogP contribution < -0.4 is 0 Å². The Morgan fingerprint density at radius 1 is 1.25 bits per heavy atom. The van der Waals surface area contributed by atoms with Gasteiger partial charge in [0.1, 0.15) is 5.69 Å². The molecule has 0 amide bonds. The highest BCUT2D eigenvalue weighted by Gasteiger charge is 2.19. The average molecular weight is 233 g/mol. The van der Waals surface area contributed by atoms with Crippen molar-refractivity contribution >= 4 is 17.0 Å². The molecule has 0 saturated carbocycles. The van der Waals surface area contributed by atoms with E-state index in [2.05, 4.69) is 24.7 Å². The standard InChI is InChI=1S/C10H11N5S/c1-6-9-13-14-10(15(9)4-3-11-6)8-5-16-7(2)12-8/h5H,3-4H2,1-2H3. The number of thiazole rings is 1. The maximum absolute atomic E-state index is 4.44. The maximum atomic E-state index is 4.44. The first-order chi connectivity index (χ1) is 7.75. The highest BCUT2D eigenvalue weighted by atomic mass is 32.1. The van der Waals surface area contributed by atoms with E-state index in [1.54, 1.807) is 11.3 Å². The fourth-order valence-corrected chi connectivity index (χ4v) is 2.42. The van der Waals surface area contributed by atoms with Crippen LogP contribution in [0.25, 0.3) is 11.5 Å². The number of fused-ring (bicyclic) bond motifs is 1. The van der Waals surface area contributed by atoms with Crippen LogP contribution in [0.2, 0.25) is 0 Å². The van der Waals surface area contributed by atoms with Crippen molar-refractivity contribution in [3.05, 3.63) is 16.2 Å². The predicted molar refractivity (Wildman–Crippen MR) is 62.9 cm³/mol. The lowest BCUT2D eigenvalue weighted by atomic mass is 10.3. The molecule has 0 fully saturated rings. The van der Waals surface area contributed by atoms with E-state index in [1.807, 2.05) is 19.2 Å². The molecule has 0 aromatic carbocycles. The zero-order chi connectivity index (χ0) is 11.1. The summed E-state index contributed by atoms with van der Waals surface area (Å²) in [6, 6.07) is 0. The van der Waals surface area contributed by atoms with Gasteiger partial charge in [-0.15, -0.1) is 21.5 Å². The zero-order valence-corrected chi connectivity index (χ0v) is 9.95. The number of hydrogen-bond acceptors (Lipinski definition) is 5. The largest absolute Gasteiger partial charge is 0.303 e. The summed E-state index contributed by atoms with van der Waals surface area (Å²) in [5, 5.41) is 11.4. The molecule has 5 nitrogen and oxygen atoms in total. The molecular weight excluding hydrogens is 222 g/mol. The Hall–Kier alpha value is -1.56. The molecular formula is C10H11N5S. The number of aliphatic imine (C=N–C) groups is 1. The van der Waals surface area contributed by atoms with Gasteiger partial charge >= 0.3 is 0 Å². The van der Waals surface area contributed by atoms with E-state index >= 15 is 0 Å². The molecule has 0 saturated heterocycles. The van der Waals surface area contributed by atoms with E-state index in [4.69, 9.17) is 0 Å². The fourth-order valence-electron chi connectivity index (χ4n) is 1.83. The van der Waals surface area contributed by atoms with Crippen LogP contribution >= 0.6 is 11.3 Å². The lowest BCUT2D eigenvalue weighted by Crippen LogP contribution is -2.17. The van der Waals surface area contributed by atoms with Crippen LogP contribution in [0.5, 0.6) is 0 Å². The van der Waals surface area contributed by atoms with Gasteiger partial charge in [0.25, 0.3) is 0 Å². The van der Waals surface area contributed by atoms with Gasteiger partial charge in [-0.2, -0.15) is 0 Å². The summed E-state index contributed by atoms with van der Waals surface area (Å²) in [6.45, 7) is 5.60. The summed E-state index contributed by atoms with van der Waals surface area (Å²) in [5.41, 5.74) is 1.87. The van der Waals surface area contributed by atoms with Gasteiger partial charge in [0, 0.05) is 11.9 Å². The Balaban J connectivity index is 2.14. The van der Waals surface area contributed by atoms with E-state index in [9.17, 15) is 0 Å². The van der Waals surface area contributed by atoms with E-state index in [1.165, 1.54) is 0 Å². The van der Waals surface area contributed by atoms with E-state index in [-0.39, 0.29) is 0 Å². The van der Waals surface area contributed by atoms with E-state index in [0.29, 0.717) is 0 Å². The first kappa shape index (κ1) is 9.65. The normalized spacial score (nSPS) is 14.8. The summed E-state index contributed by atoms with van der Waals surface area (Å²) in [7, 11) is 0. The second-order valence-corrected chi connectivity index (χ2v) is 4.78. The van der Waals surface area contributed by atoms with Gasteiger partial charge in [-0.3, -0.25) is 4.99 Å². The van der Waals surface area contributed by atoms with Crippen LogP contribution in [0.15, 0.2) is 10.4 Å². The molecule has 0 aliphatic carbocycles. The summed E-state index contributed by atoms with van der Waals surface area (Å²) < 4.78 is 2.09. The molecule has 0 spiro atoms. The lowest BCUT2D eigenvalue weighted by molar-refractivity contribution is 0.685. The molecule has 6 heteroatoms. The SMILES string of the molecule is CC1=NCCn2c1nnc2-c1csc(C)n1. The summed E-state index contributed by atoms with van der Waals surface area (Å²) in [5.74, 6) is 1.72. The third-order valence-corrected chi connectivity index (χ3v) is 3.37. The molecule has 1 aliphatic heterocycles. The van der Waals surface area contributed by atoms with Crippen LogP contribution in [0.1, 0.15) is 17.8 Å². The van der Waals surface area contributed by atoms with Crippen LogP contribution in [-0.4, -0.2) is 32.0 Å². The Bertz CT molecular complexity index is 566. The molecule has 3 heterocycles. The minimum atomic E-state index is 0.799. The van der Waals surface area contributed by atoms with Gasteiger partial charge in [0.2, 0.25) is 0 Å². The summed E-state index contributed by atoms with van der Waals surface area (Å²) >= 11 is 1.63. The number of hydrogen-bond donors (Lipinski definition) is 0. The Kier molecular flexibility index (Phi) is 2.10. The minimum Gasteiger partial charge on any atom is -0.303 e. The van der Waals surface area contributed by atoms with Crippen molar-refractivity contribution in [3.8, 4) is 11.5 Å². The minimum absolute atomic E-state index is 0.799. The van der Waals surface area contributed by atoms with Gasteiger partial charge in [-0.05, 0) is 13.8 Å². The lowest BCUT2D eigenvalue weighted by Gasteiger charge is -2.12. The third-order valence-electron chi connectivity index (χ3n) is 2.60. The molecule has 3 rings (SSSR count). The van der Waals surface area contributed by atoms with Crippen LogP contribution in [0.3, 0.4) is 0 Å². The molecule has 2 aromatic rings. The summed E-state index contributed by atoms with van der Waals surface area (Å²) in [6.07, 6.45) is 0. The van der Waals surface area contributed by atoms with Crippen LogP contribution in [0, 0.1) is 6.92 Å². The van der Waals surface area contributed by atoms with Crippen molar-refractivity contribution in [1.29, 1.82) is 0 Å². The van der Waals surface area contributed by atoms with E-state index in [0.717, 1.165) is 41.2 Å². The van der Waals surface area contributed by atoms with Crippen LogP contribution in [-0.2, 0) is 6.54 Å². The van der Waals surface area contributed by atoms with Crippen molar-refractivity contribution in [3.63, 3.8) is 0 Å². The first-order valence-electron chi connectivity index (χ1n) is 5.13. The van der Waals surface area contributed by atoms with Gasteiger partial charge < -0.3 is 4.57 Å². The molecule has 0 N–H and O–H groups in total. The maximum Gasteiger partial charge on any atom is 0.183 e. The number of aromatic nitrogens is 4. The van der Waals surface area contributed by atoms with Gasteiger partial charge in [0.05, 0.1) is 17.3 Å². The monoisotopic (exact) mass is 233 g/mol. The molecule has 16 heavy (non-hydrogen) atoms. The van der Waals surface area contributed by atoms with Gasteiger partial charge in [-0.25, -0.2) is 4.98 Å². The van der Waals surface area contributed by atoms with Gasteiger partial charge in [0.15, 0.2) is 11.6 Å². The Morgan fingerprint density at radius 3 is 2.81 bits per heavy atom. The fraction of sp³-hybridized carbons (Fsp3) is 0.400. The van der Waals surface area contributed by atoms with Crippen molar-refractivity contribution < 1.29 is 0 Å². The molecule has 0 bridgehead atoms. The molecule has 0 radical (unpaired) electrons. The predicted octanol–water partition coefficient (Wildman–Crippen LogP) is 1.53. The van der Waals surface area contributed by atoms with Crippen molar-refractivity contribution in [2.24, 2.45) is 4.99 Å². The molecule has 0 unspecified atom stereocenters.